The summed E-state index contributed by atoms with van der Waals surface area (Å²) in [6.45, 7) is 3.17. The van der Waals surface area contributed by atoms with Crippen LogP contribution in [0.1, 0.15) is 11.1 Å². The molecule has 1 N–H and O–H groups in total. The Bertz CT molecular complexity index is 1230. The van der Waals surface area contributed by atoms with Crippen LogP contribution in [0.5, 0.6) is 5.75 Å². The average Bonchev–Trinajstić information content (AvgIpc) is 2.88. The summed E-state index contributed by atoms with van der Waals surface area (Å²) in [6.07, 6.45) is 0.452. The van der Waals surface area contributed by atoms with Crippen molar-refractivity contribution in [2.75, 3.05) is 37.0 Å². The van der Waals surface area contributed by atoms with Crippen LogP contribution >= 0.6 is 0 Å². The van der Waals surface area contributed by atoms with Crippen LogP contribution in [-0.2, 0) is 17.8 Å². The van der Waals surface area contributed by atoms with Gasteiger partial charge in [0.05, 0.1) is 24.0 Å². The predicted molar refractivity (Wildman–Crippen MR) is 135 cm³/mol. The molecule has 0 aromatic heterocycles. The molecule has 180 valence electrons. The number of nitrogens with one attached hydrogen (secondary N) is 1. The van der Waals surface area contributed by atoms with Crippen molar-refractivity contribution in [3.8, 4) is 5.75 Å². The van der Waals surface area contributed by atoms with E-state index in [1.54, 1.807) is 25.3 Å². The van der Waals surface area contributed by atoms with E-state index in [1.807, 2.05) is 42.5 Å². The third kappa shape index (κ3) is 4.83. The summed E-state index contributed by atoms with van der Waals surface area (Å²) in [6, 6.07) is 22.6. The van der Waals surface area contributed by atoms with Gasteiger partial charge in [0, 0.05) is 55.8 Å². The molecule has 0 aliphatic carbocycles. The van der Waals surface area contributed by atoms with Crippen molar-refractivity contribution < 1.29 is 14.5 Å². The smallest absolute Gasteiger partial charge is 0.269 e. The maximum absolute atomic E-state index is 13.6. The maximum atomic E-state index is 13.6. The van der Waals surface area contributed by atoms with Crippen LogP contribution in [0.2, 0.25) is 0 Å². The number of nitro groups is 1. The van der Waals surface area contributed by atoms with Crippen LogP contribution in [0.4, 0.5) is 17.1 Å². The number of carbonyl (C=O) groups excluding carboxylic acids is 1. The lowest BCUT2D eigenvalue weighted by atomic mass is 9.83. The first kappa shape index (κ1) is 22.9. The lowest BCUT2D eigenvalue weighted by molar-refractivity contribution is -0.384. The van der Waals surface area contributed by atoms with Crippen LogP contribution in [0.15, 0.2) is 72.8 Å². The summed E-state index contributed by atoms with van der Waals surface area (Å²) in [5.74, 6) is 0.224. The van der Waals surface area contributed by atoms with Gasteiger partial charge in [-0.3, -0.25) is 19.8 Å². The number of rotatable bonds is 6. The van der Waals surface area contributed by atoms with E-state index in [0.717, 1.165) is 37.4 Å². The predicted octanol–water partition coefficient (Wildman–Crippen LogP) is 4.11. The Morgan fingerprint density at radius 2 is 1.91 bits per heavy atom. The Balaban J connectivity index is 1.43. The highest BCUT2D eigenvalue weighted by molar-refractivity contribution is 5.94. The van der Waals surface area contributed by atoms with Gasteiger partial charge >= 0.3 is 0 Å². The second kappa shape index (κ2) is 9.76. The first-order chi connectivity index (χ1) is 17.0. The van der Waals surface area contributed by atoms with Crippen LogP contribution < -0.4 is 15.0 Å². The van der Waals surface area contributed by atoms with Gasteiger partial charge in [0.1, 0.15) is 5.75 Å². The molecule has 1 saturated heterocycles. The second-order valence-corrected chi connectivity index (χ2v) is 9.08. The van der Waals surface area contributed by atoms with Gasteiger partial charge in [-0.1, -0.05) is 36.4 Å². The number of carbonyl (C=O) groups is 1. The summed E-state index contributed by atoms with van der Waals surface area (Å²) in [5.41, 5.74) is 3.80. The molecule has 35 heavy (non-hydrogen) atoms. The molecule has 0 saturated carbocycles. The van der Waals surface area contributed by atoms with Gasteiger partial charge in [-0.15, -0.1) is 0 Å². The fourth-order valence-corrected chi connectivity index (χ4v) is 5.20. The zero-order chi connectivity index (χ0) is 24.4. The van der Waals surface area contributed by atoms with Crippen molar-refractivity contribution in [3.63, 3.8) is 0 Å². The number of hydrogen-bond acceptors (Lipinski definition) is 6. The van der Waals surface area contributed by atoms with Crippen molar-refractivity contribution in [2.24, 2.45) is 5.92 Å². The number of fused-ring (bicyclic) bond motifs is 3. The lowest BCUT2D eigenvalue weighted by Gasteiger charge is -2.49. The van der Waals surface area contributed by atoms with E-state index >= 15 is 0 Å². The maximum Gasteiger partial charge on any atom is 0.269 e. The summed E-state index contributed by atoms with van der Waals surface area (Å²) < 4.78 is 5.29. The zero-order valence-electron chi connectivity index (χ0n) is 19.6. The highest BCUT2D eigenvalue weighted by atomic mass is 16.6. The topological polar surface area (TPSA) is 87.9 Å². The summed E-state index contributed by atoms with van der Waals surface area (Å²) in [4.78, 5) is 29.3. The van der Waals surface area contributed by atoms with Crippen LogP contribution in [-0.4, -0.2) is 48.5 Å². The molecule has 1 amide bonds. The molecule has 3 aromatic rings. The number of non-ortho nitro benzene ring substituents is 1. The SMILES string of the molecule is COc1cccc(NC(=O)[C@H]2Cc3cc([N+](=O)[O-])ccc3N3CCN(Cc4ccccc4)C[C@H]23)c1. The highest BCUT2D eigenvalue weighted by Gasteiger charge is 2.42. The largest absolute Gasteiger partial charge is 0.497 e. The van der Waals surface area contributed by atoms with Gasteiger partial charge in [-0.25, -0.2) is 0 Å². The third-order valence-corrected chi connectivity index (χ3v) is 6.91. The van der Waals surface area contributed by atoms with Crippen molar-refractivity contribution in [1.82, 2.24) is 4.90 Å². The van der Waals surface area contributed by atoms with E-state index in [0.29, 0.717) is 17.9 Å². The molecule has 2 atom stereocenters. The Morgan fingerprint density at radius 3 is 2.69 bits per heavy atom. The molecule has 5 rings (SSSR count). The summed E-state index contributed by atoms with van der Waals surface area (Å²) in [5, 5.41) is 14.5. The summed E-state index contributed by atoms with van der Waals surface area (Å²) >= 11 is 0. The van der Waals surface area contributed by atoms with E-state index in [4.69, 9.17) is 4.74 Å². The number of methoxy groups -OCH3 is 1. The molecule has 0 unspecified atom stereocenters. The van der Waals surface area contributed by atoms with Gasteiger partial charge in [-0.05, 0) is 35.7 Å². The number of amides is 1. The molecule has 3 aromatic carbocycles. The second-order valence-electron chi connectivity index (χ2n) is 9.08. The number of hydrogen-bond donors (Lipinski definition) is 1. The van der Waals surface area contributed by atoms with Crippen molar-refractivity contribution in [1.29, 1.82) is 0 Å². The standard InChI is InChI=1S/C27H28N4O4/c1-35-23-9-5-8-21(16-23)28-27(32)24-15-20-14-22(31(33)34)10-11-25(20)30-13-12-29(18-26(24)30)17-19-6-3-2-4-7-19/h2-11,14,16,24,26H,12-13,15,17-18H2,1H3,(H,28,32)/t24-,26+/m0/s1. The molecular weight excluding hydrogens is 444 g/mol. The molecular formula is C27H28N4O4. The minimum Gasteiger partial charge on any atom is -0.497 e. The number of piperazine rings is 1. The highest BCUT2D eigenvalue weighted by Crippen LogP contribution is 2.38. The summed E-state index contributed by atoms with van der Waals surface area (Å²) in [7, 11) is 1.59. The van der Waals surface area contributed by atoms with Crippen molar-refractivity contribution >= 4 is 23.0 Å². The first-order valence-corrected chi connectivity index (χ1v) is 11.8. The molecule has 8 nitrogen and oxygen atoms in total. The molecule has 8 heteroatoms. The van der Waals surface area contributed by atoms with Crippen LogP contribution in [0.25, 0.3) is 0 Å². The van der Waals surface area contributed by atoms with E-state index in [-0.39, 0.29) is 28.5 Å². The molecule has 0 bridgehead atoms. The average molecular weight is 473 g/mol. The molecule has 1 fully saturated rings. The van der Waals surface area contributed by atoms with E-state index in [2.05, 4.69) is 27.2 Å². The third-order valence-electron chi connectivity index (χ3n) is 6.91. The number of benzene rings is 3. The Kier molecular flexibility index (Phi) is 6.37. The molecule has 2 heterocycles. The van der Waals surface area contributed by atoms with Crippen molar-refractivity contribution in [2.45, 2.75) is 19.0 Å². The Hall–Kier alpha value is -3.91. The number of anilines is 2. The Morgan fingerprint density at radius 1 is 1.09 bits per heavy atom. The van der Waals surface area contributed by atoms with E-state index in [9.17, 15) is 14.9 Å². The first-order valence-electron chi connectivity index (χ1n) is 11.8. The Labute approximate surface area is 204 Å². The number of ether oxygens (including phenoxy) is 1. The van der Waals surface area contributed by atoms with Gasteiger partial charge in [-0.2, -0.15) is 0 Å². The molecule has 0 spiro atoms. The van der Waals surface area contributed by atoms with Gasteiger partial charge < -0.3 is 15.0 Å². The fourth-order valence-electron chi connectivity index (χ4n) is 5.20. The number of nitrogens with zero attached hydrogens (tertiary/aromatic N) is 3. The monoisotopic (exact) mass is 472 g/mol. The van der Waals surface area contributed by atoms with Crippen LogP contribution in [0, 0.1) is 16.0 Å². The van der Waals surface area contributed by atoms with Crippen LogP contribution in [0.3, 0.4) is 0 Å². The minimum absolute atomic E-state index is 0.0352. The normalized spacial score (nSPS) is 19.4. The van der Waals surface area contributed by atoms with E-state index < -0.39 is 0 Å². The molecule has 2 aliphatic heterocycles. The minimum atomic E-state index is -0.379. The quantitative estimate of drug-likeness (QED) is 0.429. The van der Waals surface area contributed by atoms with Gasteiger partial charge in [0.2, 0.25) is 5.91 Å². The lowest BCUT2D eigenvalue weighted by Crippen LogP contribution is -2.60. The fraction of sp³-hybridized carbons (Fsp3) is 0.296. The van der Waals surface area contributed by atoms with Gasteiger partial charge in [0.25, 0.3) is 5.69 Å². The number of nitro benzene ring substituents is 1. The van der Waals surface area contributed by atoms with E-state index in [1.165, 1.54) is 5.56 Å². The van der Waals surface area contributed by atoms with Crippen molar-refractivity contribution in [3.05, 3.63) is 94.0 Å². The molecule has 0 radical (unpaired) electrons. The molecule has 2 aliphatic rings. The van der Waals surface area contributed by atoms with Gasteiger partial charge in [0.15, 0.2) is 0 Å². The zero-order valence-corrected chi connectivity index (χ0v) is 19.6.